The number of hydrogen-bond acceptors (Lipinski definition) is 2. The van der Waals surface area contributed by atoms with Gasteiger partial charge in [0.05, 0.1) is 6.26 Å². The lowest BCUT2D eigenvalue weighted by Crippen LogP contribution is -1.87. The number of carbonyl (C=O) groups excluding carboxylic acids is 1. The Morgan fingerprint density at radius 2 is 1.55 bits per heavy atom. The number of hydrogen-bond donors (Lipinski definition) is 0. The molecule has 2 nitrogen and oxygen atoms in total. The van der Waals surface area contributed by atoms with E-state index in [0.29, 0.717) is 0 Å². The highest BCUT2D eigenvalue weighted by Crippen LogP contribution is 1.98. The molecular formula is C20H26O2. The normalized spacial score (nSPS) is 6.77. The maximum atomic E-state index is 9.75. The van der Waals surface area contributed by atoms with Gasteiger partial charge in [-0.25, -0.2) is 0 Å². The third kappa shape index (κ3) is 30.3. The molecule has 1 aromatic rings. The Hall–Kier alpha value is -2.83. The first-order chi connectivity index (χ1) is 10.5. The minimum Gasteiger partial charge on any atom is -0.435 e. The van der Waals surface area contributed by atoms with Gasteiger partial charge in [0.15, 0.2) is 0 Å². The smallest absolute Gasteiger partial charge is 0.307 e. The standard InChI is InChI=1S/C9H10.C4H6O2.C4H6.C3H4/c1-2-6-9-7-4-3-5-8-9;1-3-6-4(2)5;1-3-4-2;1-3-2/h2-5,7-8H,1,6H2;3H,1H2,2H3;3-4H,1-2H2;1-2H2. The highest BCUT2D eigenvalue weighted by Gasteiger charge is 1.82. The van der Waals surface area contributed by atoms with Crippen LogP contribution in [-0.2, 0) is 16.0 Å². The fraction of sp³-hybridized carbons (Fsp3) is 0.100. The summed E-state index contributed by atoms with van der Waals surface area (Å²) in [5.41, 5.74) is 3.58. The van der Waals surface area contributed by atoms with Crippen molar-refractivity contribution in [2.75, 3.05) is 0 Å². The molecule has 0 bridgehead atoms. The van der Waals surface area contributed by atoms with Crippen molar-refractivity contribution in [2.24, 2.45) is 0 Å². The van der Waals surface area contributed by atoms with E-state index in [1.54, 1.807) is 12.2 Å². The van der Waals surface area contributed by atoms with Crippen molar-refractivity contribution in [1.29, 1.82) is 0 Å². The maximum absolute atomic E-state index is 9.75. The van der Waals surface area contributed by atoms with Gasteiger partial charge in [-0.3, -0.25) is 4.79 Å². The number of carbonyl (C=O) groups is 1. The van der Waals surface area contributed by atoms with Crippen LogP contribution in [-0.4, -0.2) is 5.97 Å². The Labute approximate surface area is 135 Å². The Morgan fingerprint density at radius 1 is 1.09 bits per heavy atom. The van der Waals surface area contributed by atoms with Crippen LogP contribution in [0.2, 0.25) is 0 Å². The van der Waals surface area contributed by atoms with Crippen LogP contribution in [0.5, 0.6) is 0 Å². The number of benzene rings is 1. The summed E-state index contributed by atoms with van der Waals surface area (Å²) in [6.45, 7) is 21.1. The van der Waals surface area contributed by atoms with Crippen LogP contribution in [0, 0.1) is 0 Å². The number of ether oxygens (including phenoxy) is 1. The van der Waals surface area contributed by atoms with Crippen LogP contribution in [0.1, 0.15) is 12.5 Å². The van der Waals surface area contributed by atoms with Crippen molar-refractivity contribution < 1.29 is 9.53 Å². The van der Waals surface area contributed by atoms with Crippen molar-refractivity contribution in [3.8, 4) is 0 Å². The second-order valence-corrected chi connectivity index (χ2v) is 3.48. The van der Waals surface area contributed by atoms with Gasteiger partial charge in [-0.05, 0) is 12.0 Å². The highest BCUT2D eigenvalue weighted by molar-refractivity contribution is 5.66. The van der Waals surface area contributed by atoms with E-state index >= 15 is 0 Å². The van der Waals surface area contributed by atoms with Gasteiger partial charge in [-0.15, -0.1) is 12.3 Å². The lowest BCUT2D eigenvalue weighted by atomic mass is 10.2. The third-order valence-corrected chi connectivity index (χ3v) is 1.64. The molecule has 0 saturated carbocycles. The summed E-state index contributed by atoms with van der Waals surface area (Å²) in [7, 11) is 0. The van der Waals surface area contributed by atoms with Crippen molar-refractivity contribution in [1.82, 2.24) is 0 Å². The van der Waals surface area contributed by atoms with Crippen molar-refractivity contribution in [2.45, 2.75) is 13.3 Å². The summed E-state index contributed by atoms with van der Waals surface area (Å²) in [5.74, 6) is -0.329. The molecule has 0 amide bonds. The summed E-state index contributed by atoms with van der Waals surface area (Å²) in [6.07, 6.45) is 7.26. The molecule has 0 N–H and O–H groups in total. The first kappa shape index (κ1) is 24.2. The lowest BCUT2D eigenvalue weighted by molar-refractivity contribution is -0.135. The van der Waals surface area contributed by atoms with Gasteiger partial charge in [0.2, 0.25) is 0 Å². The average Bonchev–Trinajstić information content (AvgIpc) is 2.50. The largest absolute Gasteiger partial charge is 0.435 e. The molecule has 0 aromatic heterocycles. The topological polar surface area (TPSA) is 26.3 Å². The summed E-state index contributed by atoms with van der Waals surface area (Å²) < 4.78 is 4.17. The Morgan fingerprint density at radius 3 is 1.77 bits per heavy atom. The Balaban J connectivity index is -0.000000243. The first-order valence-corrected chi connectivity index (χ1v) is 6.49. The van der Waals surface area contributed by atoms with E-state index in [-0.39, 0.29) is 5.97 Å². The number of rotatable bonds is 4. The van der Waals surface area contributed by atoms with Crippen LogP contribution in [0.25, 0.3) is 0 Å². The monoisotopic (exact) mass is 298 g/mol. The second-order valence-electron chi connectivity index (χ2n) is 3.48. The first-order valence-electron chi connectivity index (χ1n) is 6.49. The fourth-order valence-electron chi connectivity index (χ4n) is 0.898. The molecule has 0 aliphatic rings. The van der Waals surface area contributed by atoms with Crippen LogP contribution in [0.3, 0.4) is 0 Å². The predicted octanol–water partition coefficient (Wildman–Crippen LogP) is 5.42. The van der Waals surface area contributed by atoms with E-state index in [4.69, 9.17) is 0 Å². The number of esters is 1. The van der Waals surface area contributed by atoms with Crippen LogP contribution >= 0.6 is 0 Å². The zero-order valence-corrected chi connectivity index (χ0v) is 13.5. The summed E-state index contributed by atoms with van der Waals surface area (Å²) in [6, 6.07) is 10.3. The van der Waals surface area contributed by atoms with Crippen LogP contribution in [0.15, 0.2) is 100 Å². The van der Waals surface area contributed by atoms with Crippen molar-refractivity contribution >= 4 is 5.97 Å². The summed E-state index contributed by atoms with van der Waals surface area (Å²) in [5, 5.41) is 0. The minimum absolute atomic E-state index is 0.329. The SMILES string of the molecule is C=C=C.C=CC=C.C=CCc1ccccc1.C=COC(C)=O. The van der Waals surface area contributed by atoms with E-state index in [9.17, 15) is 4.79 Å². The van der Waals surface area contributed by atoms with Crippen LogP contribution < -0.4 is 0 Å². The minimum atomic E-state index is -0.329. The Kier molecular flexibility index (Phi) is 25.6. The molecule has 118 valence electrons. The van der Waals surface area contributed by atoms with E-state index in [2.05, 4.69) is 62.1 Å². The zero-order valence-electron chi connectivity index (χ0n) is 13.5. The highest BCUT2D eigenvalue weighted by atomic mass is 16.5. The van der Waals surface area contributed by atoms with E-state index < -0.39 is 0 Å². The Bertz CT molecular complexity index is 444. The molecule has 1 aromatic carbocycles. The predicted molar refractivity (Wildman–Crippen MR) is 97.5 cm³/mol. The molecule has 0 aliphatic carbocycles. The molecule has 0 atom stereocenters. The number of allylic oxidation sites excluding steroid dienone is 3. The van der Waals surface area contributed by atoms with Crippen molar-refractivity contribution in [3.63, 3.8) is 0 Å². The molecule has 2 heteroatoms. The molecule has 0 heterocycles. The molecule has 1 rings (SSSR count). The molecule has 22 heavy (non-hydrogen) atoms. The van der Waals surface area contributed by atoms with Gasteiger partial charge in [0.1, 0.15) is 0 Å². The van der Waals surface area contributed by atoms with E-state index in [1.165, 1.54) is 12.5 Å². The molecule has 0 aliphatic heterocycles. The quantitative estimate of drug-likeness (QED) is 0.244. The molecule has 0 saturated heterocycles. The molecule has 0 spiro atoms. The molecule has 0 fully saturated rings. The zero-order chi connectivity index (χ0) is 17.6. The lowest BCUT2D eigenvalue weighted by Gasteiger charge is -1.91. The maximum Gasteiger partial charge on any atom is 0.307 e. The van der Waals surface area contributed by atoms with Gasteiger partial charge in [0.25, 0.3) is 0 Å². The molecule has 0 radical (unpaired) electrons. The summed E-state index contributed by atoms with van der Waals surface area (Å²) >= 11 is 0. The molecular weight excluding hydrogens is 272 g/mol. The van der Waals surface area contributed by atoms with Crippen LogP contribution in [0.4, 0.5) is 0 Å². The average molecular weight is 298 g/mol. The van der Waals surface area contributed by atoms with Gasteiger partial charge in [-0.2, -0.15) is 0 Å². The third-order valence-electron chi connectivity index (χ3n) is 1.64. The summed E-state index contributed by atoms with van der Waals surface area (Å²) in [4.78, 5) is 9.75. The molecule has 0 unspecified atom stereocenters. The van der Waals surface area contributed by atoms with Crippen molar-refractivity contribution in [3.05, 3.63) is 106 Å². The van der Waals surface area contributed by atoms with Gasteiger partial charge in [0, 0.05) is 6.92 Å². The van der Waals surface area contributed by atoms with Gasteiger partial charge < -0.3 is 4.74 Å². The second kappa shape index (κ2) is 23.3. The van der Waals surface area contributed by atoms with E-state index in [1.807, 2.05) is 24.3 Å². The van der Waals surface area contributed by atoms with Gasteiger partial charge >= 0.3 is 5.97 Å². The van der Waals surface area contributed by atoms with E-state index in [0.717, 1.165) is 12.7 Å². The van der Waals surface area contributed by atoms with Gasteiger partial charge in [-0.1, -0.05) is 81.5 Å². The fourth-order valence-corrected chi connectivity index (χ4v) is 0.898.